The first-order chi connectivity index (χ1) is 7.79. The van der Waals surface area contributed by atoms with Crippen LogP contribution in [0.4, 0.5) is 0 Å². The molecule has 1 aromatic heterocycles. The normalized spacial score (nSPS) is 11.1. The summed E-state index contributed by atoms with van der Waals surface area (Å²) >= 11 is 5.29. The van der Waals surface area contributed by atoms with Crippen LogP contribution >= 0.6 is 24.0 Å². The molecule has 0 radical (unpaired) electrons. The summed E-state index contributed by atoms with van der Waals surface area (Å²) in [5, 5.41) is 1.83. The third-order valence-corrected chi connectivity index (χ3v) is 3.04. The van der Waals surface area contributed by atoms with E-state index >= 15 is 0 Å². The van der Waals surface area contributed by atoms with Gasteiger partial charge < -0.3 is 4.98 Å². The molecule has 0 aliphatic heterocycles. The second kappa shape index (κ2) is 5.18. The van der Waals surface area contributed by atoms with E-state index in [0.29, 0.717) is 0 Å². The summed E-state index contributed by atoms with van der Waals surface area (Å²) in [5.41, 5.74) is 3.04. The van der Waals surface area contributed by atoms with Gasteiger partial charge in [0.1, 0.15) is 0 Å². The minimum atomic E-state index is -0.0194. The number of hydrogen-bond donors (Lipinski definition) is 2. The third-order valence-electron chi connectivity index (χ3n) is 2.16. The van der Waals surface area contributed by atoms with Crippen LogP contribution in [-0.2, 0) is 0 Å². The molecule has 1 heterocycles. The summed E-state index contributed by atoms with van der Waals surface area (Å²) in [7, 11) is 0. The summed E-state index contributed by atoms with van der Waals surface area (Å²) in [6.07, 6.45) is 4.01. The van der Waals surface area contributed by atoms with Crippen molar-refractivity contribution in [1.82, 2.24) is 4.98 Å². The Balaban J connectivity index is 2.25. The van der Waals surface area contributed by atoms with Crippen molar-refractivity contribution in [3.63, 3.8) is 0 Å². The van der Waals surface area contributed by atoms with Crippen molar-refractivity contribution < 1.29 is 0 Å². The number of hydrogen-bond acceptors (Lipinski definition) is 3. The Labute approximate surface area is 103 Å². The van der Waals surface area contributed by atoms with Crippen molar-refractivity contribution in [2.24, 2.45) is 0 Å². The first-order valence-electron chi connectivity index (χ1n) is 4.85. The lowest BCUT2D eigenvalue weighted by Crippen LogP contribution is -1.92. The second-order valence-corrected chi connectivity index (χ2v) is 4.48. The number of aromatic nitrogens is 1. The monoisotopic (exact) mass is 249 g/mol. The van der Waals surface area contributed by atoms with Gasteiger partial charge in [0.05, 0.1) is 5.69 Å². The molecule has 82 valence electrons. The van der Waals surface area contributed by atoms with Crippen LogP contribution in [0.2, 0.25) is 0 Å². The van der Waals surface area contributed by atoms with Gasteiger partial charge in [-0.05, 0) is 11.1 Å². The molecule has 2 rings (SSSR count). The third kappa shape index (κ3) is 2.65. The molecule has 0 aliphatic rings. The van der Waals surface area contributed by atoms with Crippen LogP contribution in [0.25, 0.3) is 17.3 Å². The zero-order valence-electron chi connectivity index (χ0n) is 8.51. The van der Waals surface area contributed by atoms with E-state index in [-0.39, 0.29) is 4.87 Å². The lowest BCUT2D eigenvalue weighted by atomic mass is 10.1. The molecule has 0 spiro atoms. The quantitative estimate of drug-likeness (QED) is 0.805. The number of nitrogens with one attached hydrogen (secondary N) is 1. The van der Waals surface area contributed by atoms with Gasteiger partial charge in [-0.3, -0.25) is 4.79 Å². The Morgan fingerprint density at radius 1 is 1.31 bits per heavy atom. The number of H-pyrrole nitrogens is 1. The van der Waals surface area contributed by atoms with E-state index in [2.05, 4.69) is 17.6 Å². The topological polar surface area (TPSA) is 32.9 Å². The largest absolute Gasteiger partial charge is 0.312 e. The molecule has 0 saturated carbocycles. The van der Waals surface area contributed by atoms with Gasteiger partial charge in [0.2, 0.25) is 0 Å². The molecule has 0 bridgehead atoms. The van der Waals surface area contributed by atoms with Crippen molar-refractivity contribution in [2.45, 2.75) is 0 Å². The maximum atomic E-state index is 11.0. The molecule has 0 saturated heterocycles. The van der Waals surface area contributed by atoms with Crippen molar-refractivity contribution in [2.75, 3.05) is 5.75 Å². The van der Waals surface area contributed by atoms with E-state index < -0.39 is 0 Å². The fourth-order valence-electron chi connectivity index (χ4n) is 1.38. The molecule has 4 heteroatoms. The van der Waals surface area contributed by atoms with E-state index in [1.54, 1.807) is 0 Å². The summed E-state index contributed by atoms with van der Waals surface area (Å²) < 4.78 is 0. The molecule has 0 amide bonds. The number of rotatable bonds is 3. The maximum Gasteiger partial charge on any atom is 0.304 e. The Bertz CT molecular complexity index is 537. The van der Waals surface area contributed by atoms with E-state index in [1.165, 1.54) is 11.3 Å². The standard InChI is InChI=1S/C12H11NOS2/c14-12-13-11(8-16-12)10-5-3-9(4-6-10)2-1-7-15/h1-6,8,15H,7H2,(H,13,14). The summed E-state index contributed by atoms with van der Waals surface area (Å²) in [4.78, 5) is 13.8. The minimum absolute atomic E-state index is 0.0194. The number of thiazole rings is 1. The van der Waals surface area contributed by atoms with Gasteiger partial charge in [0, 0.05) is 11.1 Å². The van der Waals surface area contributed by atoms with Gasteiger partial charge in [-0.2, -0.15) is 12.6 Å². The Kier molecular flexibility index (Phi) is 3.64. The van der Waals surface area contributed by atoms with Crippen molar-refractivity contribution in [1.29, 1.82) is 0 Å². The van der Waals surface area contributed by atoms with Crippen LogP contribution in [0.15, 0.2) is 40.5 Å². The molecule has 0 fully saturated rings. The van der Waals surface area contributed by atoms with Gasteiger partial charge in [0.15, 0.2) is 0 Å². The molecular formula is C12H11NOS2. The number of thiol groups is 1. The van der Waals surface area contributed by atoms with E-state index in [1.807, 2.05) is 41.8 Å². The van der Waals surface area contributed by atoms with Gasteiger partial charge in [-0.15, -0.1) is 0 Å². The highest BCUT2D eigenvalue weighted by molar-refractivity contribution is 7.80. The van der Waals surface area contributed by atoms with Crippen LogP contribution in [0.1, 0.15) is 5.56 Å². The second-order valence-electron chi connectivity index (χ2n) is 3.27. The molecule has 1 N–H and O–H groups in total. The molecule has 0 atom stereocenters. The van der Waals surface area contributed by atoms with Crippen LogP contribution in [0.3, 0.4) is 0 Å². The van der Waals surface area contributed by atoms with Crippen LogP contribution in [0, 0.1) is 0 Å². The van der Waals surface area contributed by atoms with E-state index in [0.717, 1.165) is 22.6 Å². The van der Waals surface area contributed by atoms with Crippen LogP contribution in [0.5, 0.6) is 0 Å². The van der Waals surface area contributed by atoms with Gasteiger partial charge in [-0.1, -0.05) is 47.8 Å². The highest BCUT2D eigenvalue weighted by atomic mass is 32.1. The summed E-state index contributed by atoms with van der Waals surface area (Å²) in [5.74, 6) is 0.736. The van der Waals surface area contributed by atoms with E-state index in [9.17, 15) is 4.79 Å². The highest BCUT2D eigenvalue weighted by Crippen LogP contribution is 2.18. The van der Waals surface area contributed by atoms with Gasteiger partial charge in [0.25, 0.3) is 0 Å². The number of aromatic amines is 1. The highest BCUT2D eigenvalue weighted by Gasteiger charge is 1.99. The lowest BCUT2D eigenvalue weighted by molar-refractivity contribution is 1.34. The van der Waals surface area contributed by atoms with E-state index in [4.69, 9.17) is 0 Å². The van der Waals surface area contributed by atoms with Crippen molar-refractivity contribution in [3.05, 3.63) is 51.0 Å². The Morgan fingerprint density at radius 2 is 2.06 bits per heavy atom. The lowest BCUT2D eigenvalue weighted by Gasteiger charge is -1.98. The first-order valence-corrected chi connectivity index (χ1v) is 6.36. The SMILES string of the molecule is O=c1[nH]c(-c2ccc(C=CCS)cc2)cs1. The zero-order chi connectivity index (χ0) is 11.4. The number of benzene rings is 1. The fraction of sp³-hybridized carbons (Fsp3) is 0.0833. The van der Waals surface area contributed by atoms with Crippen molar-refractivity contribution >= 4 is 30.0 Å². The summed E-state index contributed by atoms with van der Waals surface area (Å²) in [6.45, 7) is 0. The first kappa shape index (κ1) is 11.2. The fourth-order valence-corrected chi connectivity index (χ4v) is 2.08. The average Bonchev–Trinajstić information content (AvgIpc) is 2.74. The predicted octanol–water partition coefficient (Wildman–Crippen LogP) is 3.05. The molecule has 2 nitrogen and oxygen atoms in total. The minimum Gasteiger partial charge on any atom is -0.312 e. The smallest absolute Gasteiger partial charge is 0.304 e. The Morgan fingerprint density at radius 3 is 2.62 bits per heavy atom. The molecule has 0 aliphatic carbocycles. The maximum absolute atomic E-state index is 11.0. The van der Waals surface area contributed by atoms with Crippen molar-refractivity contribution in [3.8, 4) is 11.3 Å². The molecule has 16 heavy (non-hydrogen) atoms. The zero-order valence-corrected chi connectivity index (χ0v) is 10.2. The molecule has 0 unspecified atom stereocenters. The molecule has 1 aromatic carbocycles. The van der Waals surface area contributed by atoms with Crippen LogP contribution < -0.4 is 4.87 Å². The Hall–Kier alpha value is -1.26. The predicted molar refractivity (Wildman–Crippen MR) is 73.3 cm³/mol. The van der Waals surface area contributed by atoms with Crippen LogP contribution in [-0.4, -0.2) is 10.7 Å². The molecular weight excluding hydrogens is 238 g/mol. The average molecular weight is 249 g/mol. The van der Waals surface area contributed by atoms with Gasteiger partial charge in [-0.25, -0.2) is 0 Å². The van der Waals surface area contributed by atoms with Gasteiger partial charge >= 0.3 is 4.87 Å². The molecule has 2 aromatic rings. The summed E-state index contributed by atoms with van der Waals surface area (Å²) in [6, 6.07) is 8.03.